The van der Waals surface area contributed by atoms with E-state index >= 15 is 0 Å². The van der Waals surface area contributed by atoms with Crippen LogP contribution < -0.4 is 27.0 Å². The SMILES string of the molecule is CCc1ccc(Cl)cc1CNC(=O)C1CCCN1.CCc1ccc(Cl)cc1CNC(=O)[C@@H]1CCCN1C(=O)C1(O)CCc2ncccc21.ClCCl.NCc1ccc(Cl)cc1CNC(=O)[C@@H]1CCCN1C(=O)C1(O)CCc2ncccc21.O=C(O)C1(O)CCc2ncccc21.O=CC(F)(F)F. The van der Waals surface area contributed by atoms with Crippen LogP contribution in [0.3, 0.4) is 0 Å². The van der Waals surface area contributed by atoms with Gasteiger partial charge in [0.1, 0.15) is 12.1 Å². The first kappa shape index (κ1) is 80.0. The first-order chi connectivity index (χ1) is 47.7. The fourth-order valence-electron chi connectivity index (χ4n) is 13.0. The summed E-state index contributed by atoms with van der Waals surface area (Å²) in [6.07, 6.45) is 8.05. The van der Waals surface area contributed by atoms with Gasteiger partial charge in [-0.2, -0.15) is 13.2 Å². The number of benzene rings is 3. The summed E-state index contributed by atoms with van der Waals surface area (Å²) in [4.78, 5) is 99.5. The quantitative estimate of drug-likeness (QED) is 0.0342. The lowest BCUT2D eigenvalue weighted by atomic mass is 9.95. The van der Waals surface area contributed by atoms with Crippen LogP contribution in [-0.4, -0.2) is 136 Å². The van der Waals surface area contributed by atoms with E-state index < -0.39 is 59.1 Å². The standard InChI is InChI=1S/C23H26ClN3O3.C22H25ClN4O3.C14H19ClN2O.C9H9NO3.C2HF3O.CH2Cl2/c1-2-15-7-8-17(24)13-16(15)14-26-21(28)20-6-4-12-27(20)22(29)23(30)10-9-19-18(23)5-3-11-25-19;23-16-6-5-14(12-24)15(11-16)13-26-20(28)19-4-2-10-27(19)21(29)22(30)8-7-18-17(22)3-1-9-25-18;1-2-10-5-6-12(15)8-11(10)9-17-14(18)13-4-3-7-16-13;11-8(12)9(13)4-3-7-6(9)2-1-5-10-7;3-2(4,5)1-6;2-1-3/h3,5,7-8,11,13,20,30H,2,4,6,9-10,12,14H2,1H3,(H,26,28);1,3,5-6,9,11,19,30H,2,4,7-8,10,12-13,24H2,(H,26,28);5-6,8,13,16H,2-4,7,9H2,1H3,(H,17,18);1-2,5,13H,3-4H2,(H,11,12);1H;1H2/t20-,23?;19-,22?;;;;/m00..../s1. The Kier molecular flexibility index (Phi) is 29.6. The molecular weight excluding hydrogens is 1400 g/mol. The van der Waals surface area contributed by atoms with Gasteiger partial charge in [0.15, 0.2) is 16.8 Å². The topological polar surface area (TPSA) is 320 Å². The zero-order chi connectivity index (χ0) is 73.0. The minimum Gasteiger partial charge on any atom is -0.479 e. The molecule has 0 radical (unpaired) electrons. The summed E-state index contributed by atoms with van der Waals surface area (Å²) in [6.45, 7) is 7.55. The molecule has 3 fully saturated rings. The number of hydrogen-bond donors (Lipinski definition) is 9. The number of carboxylic acids is 1. The van der Waals surface area contributed by atoms with Gasteiger partial charge in [-0.25, -0.2) is 4.79 Å². The Morgan fingerprint density at radius 3 is 1.29 bits per heavy atom. The number of rotatable bonds is 15. The van der Waals surface area contributed by atoms with Crippen molar-refractivity contribution < 1.29 is 67.2 Å². The lowest BCUT2D eigenvalue weighted by Crippen LogP contribution is -2.52. The molecular formula is C71H82Cl5F3N10O11. The number of carbonyl (C=O) groups excluding carboxylic acids is 6. The van der Waals surface area contributed by atoms with Crippen LogP contribution in [0.1, 0.15) is 139 Å². The average molecular weight is 1490 g/mol. The summed E-state index contributed by atoms with van der Waals surface area (Å²) in [5, 5.41) is 55.2. The number of nitrogens with two attached hydrogens (primary N) is 1. The number of pyridine rings is 3. The highest BCUT2D eigenvalue weighted by atomic mass is 35.5. The molecule has 3 aliphatic heterocycles. The minimum absolute atomic E-state index is 0.0192. The number of likely N-dealkylation sites (tertiary alicyclic amines) is 2. The third kappa shape index (κ3) is 20.3. The van der Waals surface area contributed by atoms with E-state index in [1.807, 2.05) is 42.5 Å². The highest BCUT2D eigenvalue weighted by Gasteiger charge is 2.51. The van der Waals surface area contributed by atoms with Gasteiger partial charge in [-0.05, 0) is 184 Å². The molecule has 6 aromatic rings. The summed E-state index contributed by atoms with van der Waals surface area (Å²) < 4.78 is 31.2. The number of alkyl halides is 5. The number of nitrogens with one attached hydrogen (secondary N) is 4. The van der Waals surface area contributed by atoms with Crippen LogP contribution in [-0.2, 0) is 109 Å². The zero-order valence-electron chi connectivity index (χ0n) is 55.2. The monoisotopic (exact) mass is 1480 g/mol. The van der Waals surface area contributed by atoms with E-state index in [1.54, 1.807) is 67.1 Å². The van der Waals surface area contributed by atoms with Crippen molar-refractivity contribution in [2.45, 2.75) is 171 Å². The molecule has 3 aliphatic carbocycles. The summed E-state index contributed by atoms with van der Waals surface area (Å²) in [5.74, 6) is -2.36. The summed E-state index contributed by atoms with van der Waals surface area (Å²) in [5.41, 5.74) is 10.8. The van der Waals surface area contributed by atoms with Gasteiger partial charge in [-0.3, -0.25) is 43.7 Å². The molecule has 0 bridgehead atoms. The maximum absolute atomic E-state index is 13.3. The Balaban J connectivity index is 0.000000187. The minimum atomic E-state index is -4.64. The van der Waals surface area contributed by atoms with Crippen LogP contribution >= 0.6 is 58.0 Å². The number of aldehydes is 1. The van der Waals surface area contributed by atoms with E-state index in [0.29, 0.717) is 110 Å². The fraction of sp³-hybridized carbons (Fsp3) is 0.437. The summed E-state index contributed by atoms with van der Waals surface area (Å²) in [7, 11) is 0. The number of aryl methyl sites for hydroxylation is 5. The highest BCUT2D eigenvalue weighted by Crippen LogP contribution is 2.41. The smallest absolute Gasteiger partial charge is 0.446 e. The van der Waals surface area contributed by atoms with Gasteiger partial charge in [0.25, 0.3) is 11.8 Å². The van der Waals surface area contributed by atoms with Crippen LogP contribution in [0.5, 0.6) is 0 Å². The molecule has 6 aliphatic rings. The zero-order valence-corrected chi connectivity index (χ0v) is 59.0. The van der Waals surface area contributed by atoms with Crippen molar-refractivity contribution in [1.82, 2.24) is 46.0 Å². The number of amides is 5. The number of aromatic nitrogens is 3. The van der Waals surface area contributed by atoms with Gasteiger partial charge in [0.05, 0.1) is 11.4 Å². The van der Waals surface area contributed by atoms with Crippen LogP contribution in [0.2, 0.25) is 15.1 Å². The Hall–Kier alpha value is -7.36. The predicted molar refractivity (Wildman–Crippen MR) is 373 cm³/mol. The largest absolute Gasteiger partial charge is 0.479 e. The average Bonchev–Trinajstić information content (AvgIpc) is 1.61. The molecule has 21 nitrogen and oxygen atoms in total. The van der Waals surface area contributed by atoms with Crippen molar-refractivity contribution in [3.05, 3.63) is 192 Å². The molecule has 538 valence electrons. The summed E-state index contributed by atoms with van der Waals surface area (Å²) in [6, 6.07) is 25.9. The van der Waals surface area contributed by atoms with E-state index in [0.717, 1.165) is 82.9 Å². The van der Waals surface area contributed by atoms with Crippen LogP contribution in [0.15, 0.2) is 110 Å². The van der Waals surface area contributed by atoms with Crippen molar-refractivity contribution in [1.29, 1.82) is 0 Å². The second-order valence-electron chi connectivity index (χ2n) is 24.4. The molecule has 6 atom stereocenters. The third-order valence-corrected chi connectivity index (χ3v) is 18.9. The van der Waals surface area contributed by atoms with Crippen LogP contribution in [0, 0.1) is 0 Å². The van der Waals surface area contributed by atoms with E-state index in [1.165, 1.54) is 15.4 Å². The summed E-state index contributed by atoms with van der Waals surface area (Å²) >= 11 is 27.7. The second-order valence-corrected chi connectivity index (χ2v) is 26.5. The molecule has 3 saturated heterocycles. The number of hydrogen-bond acceptors (Lipinski definition) is 15. The van der Waals surface area contributed by atoms with Crippen LogP contribution in [0.25, 0.3) is 0 Å². The molecule has 10 N–H and O–H groups in total. The van der Waals surface area contributed by atoms with Gasteiger partial charge in [-0.15, -0.1) is 23.2 Å². The molecule has 29 heteroatoms. The van der Waals surface area contributed by atoms with Crippen molar-refractivity contribution in [2.75, 3.05) is 25.0 Å². The Morgan fingerprint density at radius 2 is 0.940 bits per heavy atom. The number of nitrogens with zero attached hydrogens (tertiary/aromatic N) is 5. The number of aliphatic carboxylic acids is 1. The number of carbonyl (C=O) groups is 7. The van der Waals surface area contributed by atoms with E-state index in [2.05, 4.69) is 50.1 Å². The van der Waals surface area contributed by atoms with Gasteiger partial charge < -0.3 is 57.2 Å². The van der Waals surface area contributed by atoms with E-state index in [-0.39, 0.29) is 48.5 Å². The number of carboxylic acid groups (broad SMARTS) is 1. The van der Waals surface area contributed by atoms with Crippen molar-refractivity contribution in [3.63, 3.8) is 0 Å². The number of halogens is 8. The molecule has 0 spiro atoms. The first-order valence-corrected chi connectivity index (χ1v) is 35.0. The maximum Gasteiger partial charge on any atom is 0.446 e. The fourth-order valence-corrected chi connectivity index (χ4v) is 13.6. The van der Waals surface area contributed by atoms with Gasteiger partial charge in [0.2, 0.25) is 24.0 Å². The van der Waals surface area contributed by atoms with Gasteiger partial charge in [0, 0.05) is 107 Å². The molecule has 4 unspecified atom stereocenters. The number of fused-ring (bicyclic) bond motifs is 3. The van der Waals surface area contributed by atoms with Crippen molar-refractivity contribution >= 4 is 99.8 Å². The lowest BCUT2D eigenvalue weighted by molar-refractivity contribution is -0.159. The normalized spacial score (nSPS) is 21.2. The lowest BCUT2D eigenvalue weighted by Gasteiger charge is -2.32. The first-order valence-electron chi connectivity index (χ1n) is 32.8. The molecule has 12 rings (SSSR count). The Labute approximate surface area is 603 Å². The highest BCUT2D eigenvalue weighted by molar-refractivity contribution is 6.40. The molecule has 6 heterocycles. The Morgan fingerprint density at radius 1 is 0.580 bits per heavy atom. The van der Waals surface area contributed by atoms with E-state index in [9.17, 15) is 57.3 Å². The number of aliphatic hydroxyl groups is 3. The predicted octanol–water partition coefficient (Wildman–Crippen LogP) is 9.11. The Bertz CT molecular complexity index is 3700. The molecule has 3 aromatic heterocycles. The van der Waals surface area contributed by atoms with E-state index in [4.69, 9.17) is 73.6 Å². The second kappa shape index (κ2) is 37.0. The van der Waals surface area contributed by atoms with Gasteiger partial charge >= 0.3 is 12.1 Å². The third-order valence-electron chi connectivity index (χ3n) is 18.2. The van der Waals surface area contributed by atoms with Crippen molar-refractivity contribution in [3.8, 4) is 0 Å². The molecule has 5 amide bonds. The van der Waals surface area contributed by atoms with Crippen LogP contribution in [0.4, 0.5) is 13.2 Å². The maximum atomic E-state index is 13.3. The molecule has 100 heavy (non-hydrogen) atoms. The molecule has 0 saturated carbocycles. The molecule has 3 aromatic carbocycles. The van der Waals surface area contributed by atoms with Crippen molar-refractivity contribution in [2.24, 2.45) is 5.73 Å². The van der Waals surface area contributed by atoms with Gasteiger partial charge in [-0.1, -0.05) is 85.0 Å².